The van der Waals surface area contributed by atoms with Crippen LogP contribution in [0, 0.1) is 0 Å². The van der Waals surface area contributed by atoms with Crippen molar-refractivity contribution in [3.8, 4) is 5.75 Å². The van der Waals surface area contributed by atoms with Gasteiger partial charge < -0.3 is 10.5 Å². The number of hydrogen-bond donors (Lipinski definition) is 1. The summed E-state index contributed by atoms with van der Waals surface area (Å²) in [7, 11) is 0. The summed E-state index contributed by atoms with van der Waals surface area (Å²) in [6.45, 7) is 0. The van der Waals surface area contributed by atoms with Gasteiger partial charge in [-0.3, -0.25) is 0 Å². The summed E-state index contributed by atoms with van der Waals surface area (Å²) in [6.07, 6.45) is -7.17. The molecule has 0 spiro atoms. The Hall–Kier alpha value is -1.73. The van der Waals surface area contributed by atoms with Gasteiger partial charge in [0.25, 0.3) is 0 Å². The molecule has 0 heterocycles. The van der Waals surface area contributed by atoms with Crippen LogP contribution in [0.2, 0.25) is 0 Å². The number of rotatable bonds is 5. The zero-order valence-corrected chi connectivity index (χ0v) is 13.3. The first-order valence-electron chi connectivity index (χ1n) is 5.95. The van der Waals surface area contributed by atoms with Gasteiger partial charge in [0, 0.05) is 16.2 Å². The lowest BCUT2D eigenvalue weighted by molar-refractivity contribution is -0.392. The molecule has 0 radical (unpaired) electrons. The maximum absolute atomic E-state index is 13.3. The molecule has 0 saturated heterocycles. The van der Waals surface area contributed by atoms with E-state index in [-0.39, 0.29) is 10.2 Å². The lowest BCUT2D eigenvalue weighted by Gasteiger charge is -2.32. The van der Waals surface area contributed by atoms with Crippen LogP contribution in [0.4, 0.5) is 54.0 Å². The molecule has 0 aromatic heterocycles. The second kappa shape index (κ2) is 6.78. The Kier molecular flexibility index (Phi) is 5.81. The molecule has 0 fully saturated rings. The number of ether oxygens (including phenoxy) is 1. The second-order valence-corrected chi connectivity index (χ2v) is 5.55. The van der Waals surface area contributed by atoms with Crippen LogP contribution in [0.1, 0.15) is 0 Å². The molecule has 0 atom stereocenters. The van der Waals surface area contributed by atoms with E-state index in [0.717, 1.165) is 12.1 Å². The highest BCUT2D eigenvalue weighted by Crippen LogP contribution is 2.55. The molecular weight excluding hydrogens is 463 g/mol. The number of allylic oxidation sites excluding steroid dienone is 1. The number of benzene rings is 1. The number of nitrogen functional groups attached to an aromatic ring is 1. The lowest BCUT2D eigenvalue weighted by atomic mass is 10.0. The Morgan fingerprint density at radius 1 is 0.846 bits per heavy atom. The van der Waals surface area contributed by atoms with E-state index in [1.165, 1.54) is 0 Å². The monoisotopic (exact) mass is 467 g/mol. The third kappa shape index (κ3) is 3.83. The normalized spacial score (nSPS) is 14.9. The molecule has 148 valence electrons. The summed E-state index contributed by atoms with van der Waals surface area (Å²) in [5, 5.41) is 0. The molecule has 0 aliphatic heterocycles. The summed E-state index contributed by atoms with van der Waals surface area (Å²) in [6, 6.07) is -0.523. The Bertz CT molecular complexity index is 693. The first kappa shape index (κ1) is 22.3. The molecular formula is C12H5BrF11NO. The predicted molar refractivity (Wildman–Crippen MR) is 69.3 cm³/mol. The maximum atomic E-state index is 13.3. The number of anilines is 1. The van der Waals surface area contributed by atoms with Crippen LogP contribution in [0.25, 0.3) is 0 Å². The second-order valence-electron chi connectivity index (χ2n) is 4.63. The van der Waals surface area contributed by atoms with E-state index in [0.29, 0.717) is 6.07 Å². The Morgan fingerprint density at radius 2 is 1.35 bits per heavy atom. The molecule has 0 saturated carbocycles. The molecule has 0 aliphatic rings. The summed E-state index contributed by atoms with van der Waals surface area (Å²) in [4.78, 5) is 0. The van der Waals surface area contributed by atoms with E-state index in [2.05, 4.69) is 20.7 Å². The molecule has 14 heteroatoms. The van der Waals surface area contributed by atoms with Gasteiger partial charge in [0.05, 0.1) is 0 Å². The van der Waals surface area contributed by atoms with Crippen molar-refractivity contribution < 1.29 is 53.0 Å². The fourth-order valence-electron chi connectivity index (χ4n) is 1.43. The van der Waals surface area contributed by atoms with Crippen LogP contribution in [0.15, 0.2) is 34.5 Å². The quantitative estimate of drug-likeness (QED) is 0.328. The van der Waals surface area contributed by atoms with Crippen molar-refractivity contribution in [2.24, 2.45) is 0 Å². The fourth-order valence-corrected chi connectivity index (χ4v) is 1.92. The summed E-state index contributed by atoms with van der Waals surface area (Å²) in [5.74, 6) is -26.4. The first-order valence-corrected chi connectivity index (χ1v) is 6.74. The molecule has 1 rings (SSSR count). The van der Waals surface area contributed by atoms with E-state index < -0.39 is 41.5 Å². The van der Waals surface area contributed by atoms with Crippen molar-refractivity contribution in [3.63, 3.8) is 0 Å². The minimum absolute atomic E-state index is 0.0291. The van der Waals surface area contributed by atoms with Gasteiger partial charge in [-0.1, -0.05) is 15.9 Å². The Balaban J connectivity index is 3.33. The van der Waals surface area contributed by atoms with E-state index in [1.54, 1.807) is 0 Å². The molecule has 0 bridgehead atoms. The highest BCUT2D eigenvalue weighted by Gasteiger charge is 2.83. The molecule has 0 amide bonds. The summed E-state index contributed by atoms with van der Waals surface area (Å²) in [5.41, 5.74) is 5.03. The van der Waals surface area contributed by atoms with Crippen molar-refractivity contribution in [1.29, 1.82) is 0 Å². The zero-order chi connectivity index (χ0) is 20.7. The average Bonchev–Trinajstić information content (AvgIpc) is 2.43. The van der Waals surface area contributed by atoms with Gasteiger partial charge in [0.1, 0.15) is 5.75 Å². The molecule has 2 N–H and O–H groups in total. The van der Waals surface area contributed by atoms with Gasteiger partial charge in [-0.25, -0.2) is 0 Å². The van der Waals surface area contributed by atoms with E-state index in [9.17, 15) is 48.3 Å². The Labute approximate surface area is 145 Å². The van der Waals surface area contributed by atoms with Crippen LogP contribution in [0.5, 0.6) is 5.75 Å². The number of hydrogen-bond acceptors (Lipinski definition) is 2. The predicted octanol–water partition coefficient (Wildman–Crippen LogP) is 5.99. The van der Waals surface area contributed by atoms with Crippen molar-refractivity contribution in [2.45, 2.75) is 23.9 Å². The van der Waals surface area contributed by atoms with E-state index in [4.69, 9.17) is 5.73 Å². The number of halogens is 12. The van der Waals surface area contributed by atoms with Crippen LogP contribution in [0.3, 0.4) is 0 Å². The number of alkyl halides is 9. The molecule has 1 aromatic rings. The van der Waals surface area contributed by atoms with Gasteiger partial charge in [-0.2, -0.15) is 48.3 Å². The minimum Gasteiger partial charge on any atom is -0.430 e. The molecule has 26 heavy (non-hydrogen) atoms. The van der Waals surface area contributed by atoms with E-state index >= 15 is 0 Å². The highest BCUT2D eigenvalue weighted by atomic mass is 79.9. The van der Waals surface area contributed by atoms with Crippen molar-refractivity contribution in [1.82, 2.24) is 0 Å². The third-order valence-electron chi connectivity index (χ3n) is 2.69. The zero-order valence-electron chi connectivity index (χ0n) is 11.8. The fraction of sp³-hybridized carbons (Fsp3) is 0.333. The van der Waals surface area contributed by atoms with Gasteiger partial charge in [-0.15, -0.1) is 0 Å². The first-order chi connectivity index (χ1) is 11.4. The van der Waals surface area contributed by atoms with Gasteiger partial charge in [0.15, 0.2) is 0 Å². The minimum atomic E-state index is -7.37. The summed E-state index contributed by atoms with van der Waals surface area (Å²) < 4.78 is 144. The molecule has 1 aromatic carbocycles. The average molecular weight is 468 g/mol. The highest BCUT2D eigenvalue weighted by molar-refractivity contribution is 9.10. The van der Waals surface area contributed by atoms with Crippen molar-refractivity contribution in [2.75, 3.05) is 5.73 Å². The van der Waals surface area contributed by atoms with Crippen LogP contribution in [-0.4, -0.2) is 23.9 Å². The SMILES string of the molecule is Nc1cc(Br)cc(OC(F)=C(F)C(F)(F)C(F)(F)C(F)(F)C(F)(F)F)c1. The maximum Gasteiger partial charge on any atom is 0.460 e. The molecule has 0 aliphatic carbocycles. The molecule has 2 nitrogen and oxygen atoms in total. The topological polar surface area (TPSA) is 35.2 Å². The Morgan fingerprint density at radius 3 is 1.77 bits per heavy atom. The molecule has 0 unspecified atom stereocenters. The smallest absolute Gasteiger partial charge is 0.430 e. The van der Waals surface area contributed by atoms with E-state index in [1.807, 2.05) is 0 Å². The van der Waals surface area contributed by atoms with Crippen LogP contribution >= 0.6 is 15.9 Å². The summed E-state index contributed by atoms with van der Waals surface area (Å²) >= 11 is 2.77. The largest absolute Gasteiger partial charge is 0.460 e. The third-order valence-corrected chi connectivity index (χ3v) is 3.15. The van der Waals surface area contributed by atoms with Gasteiger partial charge in [0.2, 0.25) is 5.83 Å². The lowest BCUT2D eigenvalue weighted by Crippen LogP contribution is -2.61. The van der Waals surface area contributed by atoms with Crippen molar-refractivity contribution in [3.05, 3.63) is 34.5 Å². The van der Waals surface area contributed by atoms with Gasteiger partial charge >= 0.3 is 30.0 Å². The van der Waals surface area contributed by atoms with Crippen molar-refractivity contribution >= 4 is 21.6 Å². The number of nitrogens with two attached hydrogens (primary N) is 1. The van der Waals surface area contributed by atoms with Gasteiger partial charge in [-0.05, 0) is 12.1 Å². The van der Waals surface area contributed by atoms with Crippen LogP contribution in [-0.2, 0) is 0 Å². The standard InChI is InChI=1S/C12H5BrF11NO/c13-4-1-5(25)3-6(2-4)26-8(15)7(14)9(16,17)10(18,19)11(20,21)12(22,23)24/h1-3H,25H2. The van der Waals surface area contributed by atoms with Crippen LogP contribution < -0.4 is 10.5 Å².